The second-order valence-electron chi connectivity index (χ2n) is 3.85. The van der Waals surface area contributed by atoms with Crippen molar-refractivity contribution in [2.75, 3.05) is 18.6 Å². The van der Waals surface area contributed by atoms with Gasteiger partial charge in [0.25, 0.3) is 0 Å². The summed E-state index contributed by atoms with van der Waals surface area (Å²) in [5.74, 6) is 0.905. The van der Waals surface area contributed by atoms with Gasteiger partial charge in [0.2, 0.25) is 0 Å². The highest BCUT2D eigenvalue weighted by molar-refractivity contribution is 7.90. The Labute approximate surface area is 96.0 Å². The highest BCUT2D eigenvalue weighted by Gasteiger charge is 2.17. The van der Waals surface area contributed by atoms with Crippen molar-refractivity contribution < 1.29 is 8.42 Å². The van der Waals surface area contributed by atoms with Gasteiger partial charge in [0.1, 0.15) is 22.0 Å². The lowest BCUT2D eigenvalue weighted by Crippen LogP contribution is -2.37. The van der Waals surface area contributed by atoms with Crippen LogP contribution in [0.15, 0.2) is 6.33 Å². The van der Waals surface area contributed by atoms with Crippen LogP contribution >= 0.6 is 0 Å². The zero-order chi connectivity index (χ0) is 12.2. The van der Waals surface area contributed by atoms with Crippen molar-refractivity contribution in [1.82, 2.24) is 20.1 Å². The molecule has 1 N–H and O–H groups in total. The maximum atomic E-state index is 11.2. The van der Waals surface area contributed by atoms with E-state index in [0.717, 1.165) is 12.4 Å². The van der Waals surface area contributed by atoms with Gasteiger partial charge in [0.05, 0.1) is 5.75 Å². The maximum Gasteiger partial charge on any atom is 0.148 e. The molecule has 0 spiro atoms. The lowest BCUT2D eigenvalue weighted by molar-refractivity contribution is 0.524. The molecule has 0 fully saturated rings. The van der Waals surface area contributed by atoms with Crippen molar-refractivity contribution in [1.29, 1.82) is 0 Å². The molecule has 0 saturated carbocycles. The molecule has 0 aliphatic carbocycles. The van der Waals surface area contributed by atoms with Gasteiger partial charge < -0.3 is 5.32 Å². The van der Waals surface area contributed by atoms with Crippen LogP contribution in [0.4, 0.5) is 0 Å². The second-order valence-corrected chi connectivity index (χ2v) is 6.04. The Morgan fingerprint density at radius 3 is 2.69 bits per heavy atom. The Hall–Kier alpha value is -0.950. The molecule has 92 valence electrons. The van der Waals surface area contributed by atoms with Crippen LogP contribution < -0.4 is 5.32 Å². The standard InChI is InChI=1S/C9H18N4O2S/c1-4-10-8(6-16(3,14)15)5-9-11-7-12-13(9)2/h7-8,10H,4-6H2,1-3H3. The molecule has 0 amide bonds. The molecule has 6 nitrogen and oxygen atoms in total. The fourth-order valence-electron chi connectivity index (χ4n) is 1.57. The number of rotatable bonds is 6. The number of hydrogen-bond acceptors (Lipinski definition) is 5. The summed E-state index contributed by atoms with van der Waals surface area (Å²) in [6.45, 7) is 2.68. The van der Waals surface area contributed by atoms with Crippen LogP contribution in [-0.4, -0.2) is 47.8 Å². The molecular weight excluding hydrogens is 228 g/mol. The van der Waals surface area contributed by atoms with Gasteiger partial charge in [-0.05, 0) is 6.54 Å². The predicted molar refractivity (Wildman–Crippen MR) is 61.9 cm³/mol. The summed E-state index contributed by atoms with van der Waals surface area (Å²) in [6.07, 6.45) is 3.28. The van der Waals surface area contributed by atoms with Crippen molar-refractivity contribution in [3.05, 3.63) is 12.2 Å². The number of aromatic nitrogens is 3. The third-order valence-corrected chi connectivity index (χ3v) is 3.24. The molecule has 0 aromatic carbocycles. The van der Waals surface area contributed by atoms with Gasteiger partial charge in [0.15, 0.2) is 0 Å². The van der Waals surface area contributed by atoms with Crippen LogP contribution in [0.2, 0.25) is 0 Å². The third kappa shape index (κ3) is 4.28. The quantitative estimate of drug-likeness (QED) is 0.724. The summed E-state index contributed by atoms with van der Waals surface area (Å²) < 4.78 is 24.2. The lowest BCUT2D eigenvalue weighted by atomic mass is 10.2. The molecule has 1 heterocycles. The van der Waals surface area contributed by atoms with Gasteiger partial charge in [-0.3, -0.25) is 4.68 Å². The largest absolute Gasteiger partial charge is 0.313 e. The minimum Gasteiger partial charge on any atom is -0.313 e. The highest BCUT2D eigenvalue weighted by atomic mass is 32.2. The van der Waals surface area contributed by atoms with Crippen LogP contribution in [0.5, 0.6) is 0 Å². The van der Waals surface area contributed by atoms with E-state index in [1.807, 2.05) is 6.92 Å². The first kappa shape index (κ1) is 13.1. The normalized spacial score (nSPS) is 13.9. The average molecular weight is 246 g/mol. The van der Waals surface area contributed by atoms with Crippen LogP contribution in [0, 0.1) is 0 Å². The van der Waals surface area contributed by atoms with Crippen LogP contribution in [0.1, 0.15) is 12.7 Å². The van der Waals surface area contributed by atoms with E-state index in [1.165, 1.54) is 12.6 Å². The topological polar surface area (TPSA) is 76.9 Å². The number of aryl methyl sites for hydroxylation is 1. The van der Waals surface area contributed by atoms with E-state index in [1.54, 1.807) is 11.7 Å². The van der Waals surface area contributed by atoms with E-state index < -0.39 is 9.84 Å². The maximum absolute atomic E-state index is 11.2. The molecular formula is C9H18N4O2S. The molecule has 7 heteroatoms. The minimum absolute atomic E-state index is 0.108. The van der Waals surface area contributed by atoms with Gasteiger partial charge in [-0.25, -0.2) is 13.4 Å². The molecule has 0 aliphatic heterocycles. The number of nitrogens with one attached hydrogen (secondary N) is 1. The van der Waals surface area contributed by atoms with E-state index >= 15 is 0 Å². The van der Waals surface area contributed by atoms with Crippen molar-refractivity contribution in [2.45, 2.75) is 19.4 Å². The van der Waals surface area contributed by atoms with Crippen molar-refractivity contribution in [3.63, 3.8) is 0 Å². The Bertz CT molecular complexity index is 426. The van der Waals surface area contributed by atoms with Crippen LogP contribution in [0.25, 0.3) is 0 Å². The summed E-state index contributed by atoms with van der Waals surface area (Å²) in [4.78, 5) is 4.08. The summed E-state index contributed by atoms with van der Waals surface area (Å²) in [5, 5.41) is 7.10. The Morgan fingerprint density at radius 1 is 1.56 bits per heavy atom. The summed E-state index contributed by atoms with van der Waals surface area (Å²) >= 11 is 0. The van der Waals surface area contributed by atoms with E-state index in [0.29, 0.717) is 6.42 Å². The lowest BCUT2D eigenvalue weighted by Gasteiger charge is -2.15. The Balaban J connectivity index is 2.68. The summed E-state index contributed by atoms with van der Waals surface area (Å²) in [7, 11) is -1.18. The predicted octanol–water partition coefficient (Wildman–Crippen LogP) is -0.620. The van der Waals surface area contributed by atoms with Gasteiger partial charge in [0, 0.05) is 25.8 Å². The van der Waals surface area contributed by atoms with Crippen molar-refractivity contribution in [3.8, 4) is 0 Å². The number of sulfone groups is 1. The van der Waals surface area contributed by atoms with E-state index in [-0.39, 0.29) is 11.8 Å². The smallest absolute Gasteiger partial charge is 0.148 e. The third-order valence-electron chi connectivity index (χ3n) is 2.23. The number of hydrogen-bond donors (Lipinski definition) is 1. The highest BCUT2D eigenvalue weighted by Crippen LogP contribution is 2.01. The van der Waals surface area contributed by atoms with Crippen LogP contribution in [0.3, 0.4) is 0 Å². The molecule has 0 bridgehead atoms. The number of nitrogens with zero attached hydrogens (tertiary/aromatic N) is 3. The van der Waals surface area contributed by atoms with Gasteiger partial charge in [-0.15, -0.1) is 0 Å². The van der Waals surface area contributed by atoms with Gasteiger partial charge in [-0.1, -0.05) is 6.92 Å². The molecule has 16 heavy (non-hydrogen) atoms. The first-order chi connectivity index (χ1) is 7.42. The fraction of sp³-hybridized carbons (Fsp3) is 0.778. The molecule has 1 rings (SSSR count). The van der Waals surface area contributed by atoms with E-state index in [9.17, 15) is 8.42 Å². The fourth-order valence-corrected chi connectivity index (χ4v) is 2.54. The van der Waals surface area contributed by atoms with Crippen molar-refractivity contribution >= 4 is 9.84 Å². The molecule has 0 aliphatic rings. The average Bonchev–Trinajstić information content (AvgIpc) is 2.49. The molecule has 1 atom stereocenters. The Kier molecular flexibility index (Phi) is 4.43. The number of likely N-dealkylation sites (N-methyl/N-ethyl adjacent to an activating group) is 1. The minimum atomic E-state index is -2.98. The zero-order valence-electron chi connectivity index (χ0n) is 9.84. The van der Waals surface area contributed by atoms with Gasteiger partial charge >= 0.3 is 0 Å². The monoisotopic (exact) mass is 246 g/mol. The molecule has 1 aromatic rings. The van der Waals surface area contributed by atoms with E-state index in [4.69, 9.17) is 0 Å². The zero-order valence-corrected chi connectivity index (χ0v) is 10.7. The van der Waals surface area contributed by atoms with Crippen LogP contribution in [-0.2, 0) is 23.3 Å². The summed E-state index contributed by atoms with van der Waals surface area (Å²) in [6, 6.07) is -0.108. The first-order valence-corrected chi connectivity index (χ1v) is 7.22. The molecule has 1 aromatic heterocycles. The second kappa shape index (κ2) is 5.40. The first-order valence-electron chi connectivity index (χ1n) is 5.16. The van der Waals surface area contributed by atoms with Crippen molar-refractivity contribution in [2.24, 2.45) is 7.05 Å². The van der Waals surface area contributed by atoms with Gasteiger partial charge in [-0.2, -0.15) is 5.10 Å². The summed E-state index contributed by atoms with van der Waals surface area (Å²) in [5.41, 5.74) is 0. The Morgan fingerprint density at radius 2 is 2.25 bits per heavy atom. The van der Waals surface area contributed by atoms with E-state index in [2.05, 4.69) is 15.4 Å². The molecule has 0 radical (unpaired) electrons. The SMILES string of the molecule is CCNC(Cc1ncnn1C)CS(C)(=O)=O. The molecule has 0 saturated heterocycles. The molecule has 1 unspecified atom stereocenters.